The Labute approximate surface area is 122 Å². The molecule has 3 heteroatoms. The Balaban J connectivity index is 2.82. The summed E-state index contributed by atoms with van der Waals surface area (Å²) >= 11 is 0. The van der Waals surface area contributed by atoms with Crippen molar-refractivity contribution in [1.29, 1.82) is 0 Å². The second-order valence-electron chi connectivity index (χ2n) is 5.86. The van der Waals surface area contributed by atoms with Gasteiger partial charge in [0.05, 0.1) is 6.04 Å². The number of benzene rings is 1. The summed E-state index contributed by atoms with van der Waals surface area (Å²) < 4.78 is 0. The van der Waals surface area contributed by atoms with Gasteiger partial charge in [-0.2, -0.15) is 0 Å². The summed E-state index contributed by atoms with van der Waals surface area (Å²) in [6.45, 7) is 8.67. The van der Waals surface area contributed by atoms with E-state index in [0.717, 1.165) is 18.4 Å². The highest BCUT2D eigenvalue weighted by Crippen LogP contribution is 2.22. The van der Waals surface area contributed by atoms with E-state index in [2.05, 4.69) is 50.4 Å². The Kier molecular flexibility index (Phi) is 6.73. The van der Waals surface area contributed by atoms with E-state index >= 15 is 0 Å². The number of hydrogen-bond donors (Lipinski definition) is 2. The van der Waals surface area contributed by atoms with Crippen LogP contribution in [0.3, 0.4) is 0 Å². The molecule has 1 amide bonds. The van der Waals surface area contributed by atoms with Crippen molar-refractivity contribution >= 4 is 5.91 Å². The number of amides is 1. The van der Waals surface area contributed by atoms with Crippen molar-refractivity contribution in [3.8, 4) is 0 Å². The first-order valence-electron chi connectivity index (χ1n) is 7.58. The first-order valence-corrected chi connectivity index (χ1v) is 7.58. The third-order valence-corrected chi connectivity index (χ3v) is 3.64. The van der Waals surface area contributed by atoms with Crippen molar-refractivity contribution in [1.82, 2.24) is 5.32 Å². The van der Waals surface area contributed by atoms with Gasteiger partial charge in [-0.05, 0) is 23.5 Å². The fourth-order valence-electron chi connectivity index (χ4n) is 2.22. The second-order valence-corrected chi connectivity index (χ2v) is 5.86. The summed E-state index contributed by atoms with van der Waals surface area (Å²) in [4.78, 5) is 12.0. The topological polar surface area (TPSA) is 55.1 Å². The molecule has 3 N–H and O–H groups in total. The molecule has 0 aliphatic carbocycles. The summed E-state index contributed by atoms with van der Waals surface area (Å²) in [5, 5.41) is 3.12. The molecule has 1 aromatic carbocycles. The Morgan fingerprint density at radius 3 is 2.25 bits per heavy atom. The van der Waals surface area contributed by atoms with Crippen molar-refractivity contribution in [2.75, 3.05) is 6.54 Å². The maximum atomic E-state index is 12.0. The maximum absolute atomic E-state index is 12.0. The standard InChI is InChI=1S/C17H28N2O/c1-5-6-14-7-9-15(10-8-14)16(12(2)3)19-17(20)13(4)11-18/h7-10,12-13,16H,5-6,11,18H2,1-4H3,(H,19,20). The first kappa shape index (κ1) is 16.7. The monoisotopic (exact) mass is 276 g/mol. The average Bonchev–Trinajstić information content (AvgIpc) is 2.44. The van der Waals surface area contributed by atoms with E-state index in [4.69, 9.17) is 5.73 Å². The Bertz CT molecular complexity index is 412. The molecule has 0 saturated carbocycles. The van der Waals surface area contributed by atoms with Gasteiger partial charge in [0.25, 0.3) is 0 Å². The highest BCUT2D eigenvalue weighted by Gasteiger charge is 2.20. The smallest absolute Gasteiger partial charge is 0.224 e. The molecule has 0 radical (unpaired) electrons. The van der Waals surface area contributed by atoms with Gasteiger partial charge in [-0.1, -0.05) is 58.4 Å². The highest BCUT2D eigenvalue weighted by atomic mass is 16.1. The molecule has 0 saturated heterocycles. The molecule has 1 rings (SSSR count). The van der Waals surface area contributed by atoms with Crippen molar-refractivity contribution in [3.63, 3.8) is 0 Å². The van der Waals surface area contributed by atoms with E-state index in [0.29, 0.717) is 12.5 Å². The minimum absolute atomic E-state index is 0.0313. The van der Waals surface area contributed by atoms with Crippen molar-refractivity contribution in [2.45, 2.75) is 46.6 Å². The van der Waals surface area contributed by atoms with E-state index in [1.165, 1.54) is 5.56 Å². The molecule has 0 heterocycles. The lowest BCUT2D eigenvalue weighted by Gasteiger charge is -2.24. The molecule has 112 valence electrons. The van der Waals surface area contributed by atoms with E-state index in [1.54, 1.807) is 0 Å². The number of nitrogens with two attached hydrogens (primary N) is 1. The normalized spacial score (nSPS) is 14.1. The zero-order valence-corrected chi connectivity index (χ0v) is 13.1. The second kappa shape index (κ2) is 8.05. The van der Waals surface area contributed by atoms with Crippen LogP contribution in [0.15, 0.2) is 24.3 Å². The summed E-state index contributed by atoms with van der Waals surface area (Å²) in [7, 11) is 0. The minimum Gasteiger partial charge on any atom is -0.349 e. The predicted octanol–water partition coefficient (Wildman–Crippen LogP) is 3.05. The maximum Gasteiger partial charge on any atom is 0.224 e. The Morgan fingerprint density at radius 2 is 1.80 bits per heavy atom. The van der Waals surface area contributed by atoms with Crippen LogP contribution in [0.5, 0.6) is 0 Å². The molecule has 20 heavy (non-hydrogen) atoms. The fraction of sp³-hybridized carbons (Fsp3) is 0.588. The number of aryl methyl sites for hydroxylation is 1. The van der Waals surface area contributed by atoms with Crippen LogP contribution in [0, 0.1) is 11.8 Å². The van der Waals surface area contributed by atoms with Gasteiger partial charge in [0.2, 0.25) is 5.91 Å². The van der Waals surface area contributed by atoms with Gasteiger partial charge >= 0.3 is 0 Å². The Morgan fingerprint density at radius 1 is 1.20 bits per heavy atom. The van der Waals surface area contributed by atoms with E-state index in [-0.39, 0.29) is 17.9 Å². The van der Waals surface area contributed by atoms with Gasteiger partial charge in [-0.3, -0.25) is 4.79 Å². The van der Waals surface area contributed by atoms with E-state index in [9.17, 15) is 4.79 Å². The number of nitrogens with one attached hydrogen (secondary N) is 1. The third-order valence-electron chi connectivity index (χ3n) is 3.64. The highest BCUT2D eigenvalue weighted by molar-refractivity contribution is 5.79. The van der Waals surface area contributed by atoms with Crippen LogP contribution in [0.1, 0.15) is 51.3 Å². The minimum atomic E-state index is -0.143. The van der Waals surface area contributed by atoms with Crippen molar-refractivity contribution < 1.29 is 4.79 Å². The van der Waals surface area contributed by atoms with Gasteiger partial charge in [0, 0.05) is 12.5 Å². The first-order chi connectivity index (χ1) is 9.49. The average molecular weight is 276 g/mol. The van der Waals surface area contributed by atoms with Gasteiger partial charge in [-0.25, -0.2) is 0 Å². The molecular weight excluding hydrogens is 248 g/mol. The molecule has 2 atom stereocenters. The number of rotatable bonds is 7. The van der Waals surface area contributed by atoms with Gasteiger partial charge in [0.15, 0.2) is 0 Å². The molecule has 3 nitrogen and oxygen atoms in total. The lowest BCUT2D eigenvalue weighted by Crippen LogP contribution is -2.37. The van der Waals surface area contributed by atoms with Gasteiger partial charge in [0.1, 0.15) is 0 Å². The lowest BCUT2D eigenvalue weighted by molar-refractivity contribution is -0.125. The van der Waals surface area contributed by atoms with Crippen molar-refractivity contribution in [2.24, 2.45) is 17.6 Å². The molecule has 2 unspecified atom stereocenters. The quantitative estimate of drug-likeness (QED) is 0.804. The van der Waals surface area contributed by atoms with Crippen LogP contribution in [-0.4, -0.2) is 12.5 Å². The predicted molar refractivity (Wildman–Crippen MR) is 84.4 cm³/mol. The lowest BCUT2D eigenvalue weighted by atomic mass is 9.94. The van der Waals surface area contributed by atoms with Crippen LogP contribution >= 0.6 is 0 Å². The summed E-state index contributed by atoms with van der Waals surface area (Å²) in [6.07, 6.45) is 2.25. The van der Waals surface area contributed by atoms with Crippen LogP contribution < -0.4 is 11.1 Å². The van der Waals surface area contributed by atoms with Gasteiger partial charge in [-0.15, -0.1) is 0 Å². The van der Waals surface area contributed by atoms with Crippen LogP contribution in [-0.2, 0) is 11.2 Å². The summed E-state index contributed by atoms with van der Waals surface area (Å²) in [6, 6.07) is 8.62. The molecule has 0 aliphatic heterocycles. The zero-order chi connectivity index (χ0) is 15.1. The number of carbonyl (C=O) groups excluding carboxylic acids is 1. The molecule has 0 aromatic heterocycles. The van der Waals surface area contributed by atoms with Gasteiger partial charge < -0.3 is 11.1 Å². The third kappa shape index (κ3) is 4.64. The summed E-state index contributed by atoms with van der Waals surface area (Å²) in [5.41, 5.74) is 8.07. The fourth-order valence-corrected chi connectivity index (χ4v) is 2.22. The van der Waals surface area contributed by atoms with Crippen LogP contribution in [0.25, 0.3) is 0 Å². The molecule has 0 bridgehead atoms. The van der Waals surface area contributed by atoms with Crippen molar-refractivity contribution in [3.05, 3.63) is 35.4 Å². The SMILES string of the molecule is CCCc1ccc(C(NC(=O)C(C)CN)C(C)C)cc1. The van der Waals surface area contributed by atoms with E-state index < -0.39 is 0 Å². The molecule has 1 aromatic rings. The van der Waals surface area contributed by atoms with Crippen LogP contribution in [0.2, 0.25) is 0 Å². The van der Waals surface area contributed by atoms with Crippen LogP contribution in [0.4, 0.5) is 0 Å². The number of carbonyl (C=O) groups is 1. The zero-order valence-electron chi connectivity index (χ0n) is 13.1. The molecule has 0 aliphatic rings. The number of hydrogen-bond acceptors (Lipinski definition) is 2. The summed E-state index contributed by atoms with van der Waals surface area (Å²) in [5.74, 6) is 0.236. The largest absolute Gasteiger partial charge is 0.349 e. The molecule has 0 spiro atoms. The molecular formula is C17H28N2O. The Hall–Kier alpha value is -1.35. The molecule has 0 fully saturated rings. The van der Waals surface area contributed by atoms with E-state index in [1.807, 2.05) is 6.92 Å².